The summed E-state index contributed by atoms with van der Waals surface area (Å²) in [5.74, 6) is -0.338. The Bertz CT molecular complexity index is 1020. The van der Waals surface area contributed by atoms with Crippen LogP contribution in [0, 0.1) is 34.5 Å². The van der Waals surface area contributed by atoms with Gasteiger partial charge < -0.3 is 15.3 Å². The van der Waals surface area contributed by atoms with Crippen LogP contribution in [0.3, 0.4) is 0 Å². The predicted molar refractivity (Wildman–Crippen MR) is 134 cm³/mol. The van der Waals surface area contributed by atoms with Gasteiger partial charge in [0.25, 0.3) is 0 Å². The standard InChI is InChI=1S/C27H44O8S/c1-16(2)12-17(28)14-26(5,30)21-6-7-22-25(21,4)11-9-23-24(3)10-8-18(35-36(32,33)34)13-19(24)20(29)15-27(22,23)31/h9,16,18-22,29-31H,6-8,10-15H2,1-5H3,(H,32,33,34)/t18-,19+,20-,21-,22+,24-,25+,26-,27+/m0/s1. The van der Waals surface area contributed by atoms with Gasteiger partial charge in [-0.25, -0.2) is 4.18 Å². The van der Waals surface area contributed by atoms with E-state index >= 15 is 0 Å². The molecule has 4 aliphatic rings. The second kappa shape index (κ2) is 9.12. The smallest absolute Gasteiger partial charge is 0.393 e. The molecule has 3 fully saturated rings. The molecule has 0 aromatic heterocycles. The third kappa shape index (κ3) is 4.73. The van der Waals surface area contributed by atoms with Crippen molar-refractivity contribution in [2.45, 2.75) is 116 Å². The molecule has 0 aromatic rings. The average Bonchev–Trinajstić information content (AvgIpc) is 3.06. The summed E-state index contributed by atoms with van der Waals surface area (Å²) in [7, 11) is -4.58. The molecule has 9 heteroatoms. The van der Waals surface area contributed by atoms with Crippen LogP contribution >= 0.6 is 0 Å². The molecule has 0 spiro atoms. The van der Waals surface area contributed by atoms with Crippen LogP contribution in [0.25, 0.3) is 0 Å². The van der Waals surface area contributed by atoms with Gasteiger partial charge in [-0.3, -0.25) is 9.35 Å². The van der Waals surface area contributed by atoms with E-state index in [1.807, 2.05) is 20.8 Å². The van der Waals surface area contributed by atoms with E-state index in [-0.39, 0.29) is 48.7 Å². The summed E-state index contributed by atoms with van der Waals surface area (Å²) in [6.07, 6.45) is 4.47. The lowest BCUT2D eigenvalue weighted by Crippen LogP contribution is -2.63. The molecule has 0 aromatic carbocycles. The van der Waals surface area contributed by atoms with Crippen molar-refractivity contribution in [1.82, 2.24) is 0 Å². The second-order valence-electron chi connectivity index (χ2n) is 13.3. The van der Waals surface area contributed by atoms with Crippen LogP contribution in [0.4, 0.5) is 0 Å². The molecular formula is C27H44O8S. The van der Waals surface area contributed by atoms with Crippen LogP contribution in [0.15, 0.2) is 11.6 Å². The molecule has 0 unspecified atom stereocenters. The molecule has 0 radical (unpaired) electrons. The number of carbonyl (C=O) groups is 1. The minimum atomic E-state index is -4.58. The Balaban J connectivity index is 1.62. The first-order valence-electron chi connectivity index (χ1n) is 13.4. The minimum absolute atomic E-state index is 0.0557. The molecule has 0 heterocycles. The fourth-order valence-electron chi connectivity index (χ4n) is 8.99. The van der Waals surface area contributed by atoms with Gasteiger partial charge in [-0.05, 0) is 85.5 Å². The Kier molecular flexibility index (Phi) is 7.14. The summed E-state index contributed by atoms with van der Waals surface area (Å²) in [6, 6.07) is 0. The molecule has 0 amide bonds. The van der Waals surface area contributed by atoms with Gasteiger partial charge in [0.15, 0.2) is 0 Å². The molecule has 3 saturated carbocycles. The Morgan fingerprint density at radius 3 is 2.53 bits per heavy atom. The summed E-state index contributed by atoms with van der Waals surface area (Å²) in [5, 5.41) is 35.1. The fraction of sp³-hybridized carbons (Fsp3) is 0.889. The maximum Gasteiger partial charge on any atom is 0.397 e. The summed E-state index contributed by atoms with van der Waals surface area (Å²) in [6.45, 7) is 9.90. The van der Waals surface area contributed by atoms with E-state index < -0.39 is 44.6 Å². The van der Waals surface area contributed by atoms with Gasteiger partial charge in [0.1, 0.15) is 5.78 Å². The van der Waals surface area contributed by atoms with Crippen LogP contribution in [0.5, 0.6) is 0 Å². The zero-order chi connectivity index (χ0) is 26.9. The van der Waals surface area contributed by atoms with Gasteiger partial charge in [-0.2, -0.15) is 8.42 Å². The molecule has 9 atom stereocenters. The fourth-order valence-corrected chi connectivity index (χ4v) is 9.50. The first kappa shape index (κ1) is 28.2. The number of fused-ring (bicyclic) bond motifs is 5. The van der Waals surface area contributed by atoms with E-state index in [2.05, 4.69) is 13.0 Å². The summed E-state index contributed by atoms with van der Waals surface area (Å²) in [5.41, 5.74) is -2.45. The Morgan fingerprint density at radius 2 is 1.92 bits per heavy atom. The highest BCUT2D eigenvalue weighted by Gasteiger charge is 2.67. The van der Waals surface area contributed by atoms with Crippen molar-refractivity contribution in [3.63, 3.8) is 0 Å². The molecule has 206 valence electrons. The predicted octanol–water partition coefficient (Wildman–Crippen LogP) is 3.60. The van der Waals surface area contributed by atoms with Crippen LogP contribution in [-0.4, -0.2) is 57.5 Å². The Morgan fingerprint density at radius 1 is 1.25 bits per heavy atom. The number of aliphatic hydroxyl groups is 3. The maximum atomic E-state index is 12.6. The van der Waals surface area contributed by atoms with Crippen molar-refractivity contribution in [3.05, 3.63) is 11.6 Å². The van der Waals surface area contributed by atoms with Crippen LogP contribution in [0.1, 0.15) is 92.4 Å². The summed E-state index contributed by atoms with van der Waals surface area (Å²) < 4.78 is 36.5. The largest absolute Gasteiger partial charge is 0.397 e. The lowest BCUT2D eigenvalue weighted by atomic mass is 9.45. The van der Waals surface area contributed by atoms with Gasteiger partial charge in [0.05, 0.1) is 23.4 Å². The molecular weight excluding hydrogens is 484 g/mol. The summed E-state index contributed by atoms with van der Waals surface area (Å²) in [4.78, 5) is 12.6. The maximum absolute atomic E-state index is 12.6. The van der Waals surface area contributed by atoms with E-state index in [1.54, 1.807) is 6.92 Å². The van der Waals surface area contributed by atoms with Crippen molar-refractivity contribution < 1.29 is 37.3 Å². The lowest BCUT2D eigenvalue weighted by molar-refractivity contribution is -0.163. The molecule has 4 N–H and O–H groups in total. The lowest BCUT2D eigenvalue weighted by Gasteiger charge is -2.62. The normalized spacial score (nSPS) is 44.3. The topological polar surface area (TPSA) is 141 Å². The van der Waals surface area contributed by atoms with Crippen molar-refractivity contribution in [2.75, 3.05) is 0 Å². The molecule has 8 nitrogen and oxygen atoms in total. The van der Waals surface area contributed by atoms with E-state index in [0.717, 1.165) is 5.57 Å². The Labute approximate surface area is 215 Å². The monoisotopic (exact) mass is 528 g/mol. The van der Waals surface area contributed by atoms with Gasteiger partial charge in [0.2, 0.25) is 0 Å². The number of hydrogen-bond acceptors (Lipinski definition) is 7. The quantitative estimate of drug-likeness (QED) is 0.290. The number of ketones is 1. The molecule has 0 saturated heterocycles. The van der Waals surface area contributed by atoms with Crippen molar-refractivity contribution >= 4 is 16.2 Å². The van der Waals surface area contributed by atoms with Gasteiger partial charge in [-0.15, -0.1) is 0 Å². The highest BCUT2D eigenvalue weighted by Crippen LogP contribution is 2.68. The second-order valence-corrected chi connectivity index (χ2v) is 14.4. The molecule has 4 rings (SSSR count). The van der Waals surface area contributed by atoms with Crippen molar-refractivity contribution in [3.8, 4) is 0 Å². The number of aliphatic hydroxyl groups excluding tert-OH is 1. The van der Waals surface area contributed by atoms with E-state index in [0.29, 0.717) is 38.5 Å². The first-order valence-corrected chi connectivity index (χ1v) is 14.8. The van der Waals surface area contributed by atoms with E-state index in [4.69, 9.17) is 8.74 Å². The summed E-state index contributed by atoms with van der Waals surface area (Å²) >= 11 is 0. The first-order chi connectivity index (χ1) is 16.4. The third-order valence-electron chi connectivity index (χ3n) is 10.2. The molecule has 36 heavy (non-hydrogen) atoms. The van der Waals surface area contributed by atoms with E-state index in [9.17, 15) is 28.5 Å². The number of Topliss-reactive ketones (excluding diaryl/α,β-unsaturated/α-hetero) is 1. The zero-order valence-corrected chi connectivity index (χ0v) is 23.1. The van der Waals surface area contributed by atoms with Gasteiger partial charge in [0, 0.05) is 19.3 Å². The van der Waals surface area contributed by atoms with Crippen molar-refractivity contribution in [1.29, 1.82) is 0 Å². The Hall–Kier alpha value is -0.840. The zero-order valence-electron chi connectivity index (χ0n) is 22.2. The van der Waals surface area contributed by atoms with Crippen LogP contribution in [0.2, 0.25) is 0 Å². The van der Waals surface area contributed by atoms with Crippen molar-refractivity contribution in [2.24, 2.45) is 34.5 Å². The number of carbonyl (C=O) groups excluding carboxylic acids is 1. The van der Waals surface area contributed by atoms with Crippen LogP contribution < -0.4 is 0 Å². The van der Waals surface area contributed by atoms with Gasteiger partial charge in [-0.1, -0.05) is 33.8 Å². The number of rotatable bonds is 7. The highest BCUT2D eigenvalue weighted by molar-refractivity contribution is 7.80. The van der Waals surface area contributed by atoms with Crippen LogP contribution in [-0.2, 0) is 19.4 Å². The number of allylic oxidation sites excluding steroid dienone is 1. The third-order valence-corrected chi connectivity index (χ3v) is 10.8. The molecule has 0 aliphatic heterocycles. The van der Waals surface area contributed by atoms with Gasteiger partial charge >= 0.3 is 10.4 Å². The average molecular weight is 529 g/mol. The minimum Gasteiger partial charge on any atom is -0.393 e. The number of hydrogen-bond donors (Lipinski definition) is 4. The molecule has 0 bridgehead atoms. The highest BCUT2D eigenvalue weighted by atomic mass is 32.3. The molecule has 4 aliphatic carbocycles. The SMILES string of the molecule is CC(C)CC(=O)C[C@](C)(O)[C@H]1CC[C@@H]2[C@]1(C)CC=C1[C@@]3(C)CC[C@H](OS(=O)(=O)O)C[C@@H]3[C@@H](O)C[C@]12O. The van der Waals surface area contributed by atoms with E-state index in [1.165, 1.54) is 0 Å².